The van der Waals surface area contributed by atoms with E-state index in [0.717, 1.165) is 31.7 Å². The van der Waals surface area contributed by atoms with Gasteiger partial charge in [-0.15, -0.1) is 0 Å². The average molecular weight is 293 g/mol. The lowest BCUT2D eigenvalue weighted by Gasteiger charge is -2.24. The van der Waals surface area contributed by atoms with E-state index in [0.29, 0.717) is 11.3 Å². The van der Waals surface area contributed by atoms with Gasteiger partial charge in [-0.25, -0.2) is 4.98 Å². The highest BCUT2D eigenvalue weighted by molar-refractivity contribution is 8.00. The number of nitrogens with two attached hydrogens (primary N) is 1. The van der Waals surface area contributed by atoms with E-state index in [4.69, 9.17) is 10.7 Å². The van der Waals surface area contributed by atoms with Gasteiger partial charge in [0.05, 0.1) is 0 Å². The molecule has 20 heavy (non-hydrogen) atoms. The van der Waals surface area contributed by atoms with Crippen molar-refractivity contribution in [3.8, 4) is 0 Å². The van der Waals surface area contributed by atoms with Gasteiger partial charge in [0.15, 0.2) is 0 Å². The lowest BCUT2D eigenvalue weighted by Crippen LogP contribution is -2.28. The fraction of sp³-hybridized carbons (Fsp3) is 0.688. The number of thioether (sulfide) groups is 1. The molecule has 2 N–H and O–H groups in total. The summed E-state index contributed by atoms with van der Waals surface area (Å²) >= 11 is 2.07. The molecular weight excluding hydrogens is 266 g/mol. The van der Waals surface area contributed by atoms with E-state index in [2.05, 4.69) is 49.6 Å². The summed E-state index contributed by atoms with van der Waals surface area (Å²) in [5.74, 6) is 2.29. The van der Waals surface area contributed by atoms with Crippen molar-refractivity contribution < 1.29 is 0 Å². The quantitative estimate of drug-likeness (QED) is 0.925. The van der Waals surface area contributed by atoms with Crippen LogP contribution in [0.15, 0.2) is 12.1 Å². The first kappa shape index (κ1) is 15.6. The highest BCUT2D eigenvalue weighted by atomic mass is 32.2. The summed E-state index contributed by atoms with van der Waals surface area (Å²) in [4.78, 5) is 7.28. The number of hydrogen-bond donors (Lipinski definition) is 1. The second-order valence-corrected chi connectivity index (χ2v) is 7.93. The van der Waals surface area contributed by atoms with E-state index >= 15 is 0 Å². The molecule has 0 bridgehead atoms. The highest BCUT2D eigenvalue weighted by Gasteiger charge is 2.24. The van der Waals surface area contributed by atoms with Gasteiger partial charge in [-0.05, 0) is 30.5 Å². The number of hydrogen-bond acceptors (Lipinski definition) is 4. The molecule has 0 unspecified atom stereocenters. The molecule has 1 fully saturated rings. The van der Waals surface area contributed by atoms with Crippen LogP contribution in [0.25, 0.3) is 0 Å². The maximum atomic E-state index is 5.84. The largest absolute Gasteiger partial charge is 0.356 e. The molecule has 0 spiro atoms. The van der Waals surface area contributed by atoms with Gasteiger partial charge < -0.3 is 10.6 Å². The van der Waals surface area contributed by atoms with Crippen LogP contribution in [0.4, 0.5) is 5.82 Å². The van der Waals surface area contributed by atoms with Crippen LogP contribution in [0.2, 0.25) is 0 Å². The van der Waals surface area contributed by atoms with Gasteiger partial charge in [0.2, 0.25) is 0 Å². The Morgan fingerprint density at radius 1 is 1.35 bits per heavy atom. The van der Waals surface area contributed by atoms with Crippen molar-refractivity contribution in [3.63, 3.8) is 0 Å². The molecule has 1 aliphatic heterocycles. The number of aromatic nitrogens is 1. The molecule has 0 aromatic carbocycles. The molecule has 2 heterocycles. The van der Waals surface area contributed by atoms with Gasteiger partial charge in [-0.3, -0.25) is 0 Å². The first-order valence-electron chi connectivity index (χ1n) is 7.63. The first-order valence-corrected chi connectivity index (χ1v) is 8.61. The minimum absolute atomic E-state index is 0.381. The van der Waals surface area contributed by atoms with Crippen LogP contribution in [0.5, 0.6) is 0 Å². The Balaban J connectivity index is 2.20. The van der Waals surface area contributed by atoms with E-state index in [1.54, 1.807) is 0 Å². The van der Waals surface area contributed by atoms with Crippen molar-refractivity contribution in [1.82, 2.24) is 4.98 Å². The molecule has 1 aliphatic rings. The summed E-state index contributed by atoms with van der Waals surface area (Å²) in [5, 5.41) is 0. The summed E-state index contributed by atoms with van der Waals surface area (Å²) in [6, 6.07) is 4.33. The normalized spacial score (nSPS) is 18.9. The van der Waals surface area contributed by atoms with Crippen LogP contribution >= 0.6 is 11.8 Å². The molecular formula is C16H27N3S. The summed E-state index contributed by atoms with van der Waals surface area (Å²) in [5.41, 5.74) is 8.22. The van der Waals surface area contributed by atoms with E-state index in [1.165, 1.54) is 23.4 Å². The summed E-state index contributed by atoms with van der Waals surface area (Å²) in [7, 11) is 0. The summed E-state index contributed by atoms with van der Waals surface area (Å²) in [6.07, 6.45) is 3.37. The Morgan fingerprint density at radius 3 is 2.85 bits per heavy atom. The smallest absolute Gasteiger partial charge is 0.129 e. The van der Waals surface area contributed by atoms with Crippen molar-refractivity contribution in [1.29, 1.82) is 0 Å². The Hall–Kier alpha value is -0.740. The fourth-order valence-corrected chi connectivity index (χ4v) is 3.65. The lowest BCUT2D eigenvalue weighted by atomic mass is 10.1. The second-order valence-electron chi connectivity index (χ2n) is 6.12. The zero-order chi connectivity index (χ0) is 14.6. The number of anilines is 1. The van der Waals surface area contributed by atoms with Gasteiger partial charge in [0.1, 0.15) is 5.82 Å². The van der Waals surface area contributed by atoms with Gasteiger partial charge in [0, 0.05) is 35.8 Å². The van der Waals surface area contributed by atoms with Crippen LogP contribution in [0.3, 0.4) is 0 Å². The minimum atomic E-state index is 0.381. The van der Waals surface area contributed by atoms with E-state index in [-0.39, 0.29) is 0 Å². The van der Waals surface area contributed by atoms with E-state index in [1.807, 2.05) is 0 Å². The molecule has 4 heteroatoms. The molecule has 0 amide bonds. The predicted molar refractivity (Wildman–Crippen MR) is 89.5 cm³/mol. The number of pyridine rings is 1. The Labute approximate surface area is 127 Å². The van der Waals surface area contributed by atoms with Crippen LogP contribution in [-0.4, -0.2) is 28.6 Å². The number of aryl methyl sites for hydroxylation is 1. The minimum Gasteiger partial charge on any atom is -0.356 e. The van der Waals surface area contributed by atoms with Crippen LogP contribution < -0.4 is 10.6 Å². The molecule has 1 saturated heterocycles. The first-order chi connectivity index (χ1) is 9.54. The molecule has 0 saturated carbocycles. The molecule has 1 aromatic heterocycles. The van der Waals surface area contributed by atoms with Crippen LogP contribution in [-0.2, 0) is 13.0 Å². The maximum Gasteiger partial charge on any atom is 0.129 e. The van der Waals surface area contributed by atoms with Crippen molar-refractivity contribution in [2.45, 2.75) is 51.3 Å². The molecule has 0 atom stereocenters. The van der Waals surface area contributed by atoms with Gasteiger partial charge >= 0.3 is 0 Å². The molecule has 112 valence electrons. The maximum absolute atomic E-state index is 5.84. The Morgan fingerprint density at radius 2 is 2.15 bits per heavy atom. The molecule has 0 aliphatic carbocycles. The van der Waals surface area contributed by atoms with Gasteiger partial charge in [-0.1, -0.05) is 27.2 Å². The third-order valence-electron chi connectivity index (χ3n) is 3.83. The van der Waals surface area contributed by atoms with E-state index in [9.17, 15) is 0 Å². The van der Waals surface area contributed by atoms with Crippen molar-refractivity contribution in [2.24, 2.45) is 5.73 Å². The molecule has 3 nitrogen and oxygen atoms in total. The van der Waals surface area contributed by atoms with Crippen LogP contribution in [0.1, 0.15) is 44.9 Å². The van der Waals surface area contributed by atoms with Gasteiger partial charge in [0.25, 0.3) is 0 Å². The van der Waals surface area contributed by atoms with Crippen molar-refractivity contribution in [3.05, 3.63) is 23.4 Å². The highest BCUT2D eigenvalue weighted by Crippen LogP contribution is 2.32. The average Bonchev–Trinajstić information content (AvgIpc) is 2.59. The molecule has 2 rings (SSSR count). The lowest BCUT2D eigenvalue weighted by molar-refractivity contribution is 0.634. The van der Waals surface area contributed by atoms with E-state index < -0.39 is 0 Å². The Bertz CT molecular complexity index is 445. The third kappa shape index (κ3) is 4.13. The monoisotopic (exact) mass is 293 g/mol. The van der Waals surface area contributed by atoms with Gasteiger partial charge in [-0.2, -0.15) is 11.8 Å². The van der Waals surface area contributed by atoms with Crippen molar-refractivity contribution >= 4 is 17.6 Å². The van der Waals surface area contributed by atoms with Crippen LogP contribution in [0, 0.1) is 0 Å². The number of rotatable bonds is 4. The predicted octanol–water partition coefficient (Wildman–Crippen LogP) is 3.21. The Kier molecular flexibility index (Phi) is 5.33. The molecule has 1 aromatic rings. The number of nitrogens with zero attached hydrogens (tertiary/aromatic N) is 2. The topological polar surface area (TPSA) is 42.1 Å². The van der Waals surface area contributed by atoms with Crippen molar-refractivity contribution in [2.75, 3.05) is 23.7 Å². The SMILES string of the molecule is CCCc1cc(CN)cc(N2CCSC(C)(C)CC2)n1. The summed E-state index contributed by atoms with van der Waals surface area (Å²) in [6.45, 7) is 9.65. The summed E-state index contributed by atoms with van der Waals surface area (Å²) < 4.78 is 0.381. The second kappa shape index (κ2) is 6.81. The zero-order valence-corrected chi connectivity index (χ0v) is 13.8. The zero-order valence-electron chi connectivity index (χ0n) is 13.0. The molecule has 0 radical (unpaired) electrons. The standard InChI is InChI=1S/C16H27N3S/c1-4-5-14-10-13(12-17)11-15(18-14)19-7-6-16(2,3)20-9-8-19/h10-11H,4-9,12,17H2,1-3H3. The fourth-order valence-electron chi connectivity index (χ4n) is 2.55. The third-order valence-corrected chi connectivity index (χ3v) is 5.20.